The van der Waals surface area contributed by atoms with Gasteiger partial charge in [-0.25, -0.2) is 0 Å². The molecule has 0 saturated carbocycles. The standard InChI is InChI=1S/C22H28ClN3O2/c1-26(2)20(15-17-7-4-3-5-8-17)16-25-21(27)9-6-14-24-22(28)18-10-12-19(23)13-11-18/h3-5,7-8,10-13,20H,6,9,14-16H2,1-2H3,(H,24,28)(H,25,27). The number of halogens is 1. The zero-order chi connectivity index (χ0) is 20.4. The molecule has 0 spiro atoms. The summed E-state index contributed by atoms with van der Waals surface area (Å²) >= 11 is 5.82. The van der Waals surface area contributed by atoms with Gasteiger partial charge < -0.3 is 15.5 Å². The monoisotopic (exact) mass is 401 g/mol. The highest BCUT2D eigenvalue weighted by molar-refractivity contribution is 6.30. The molecule has 0 aliphatic rings. The van der Waals surface area contributed by atoms with E-state index in [1.165, 1.54) is 5.56 Å². The van der Waals surface area contributed by atoms with E-state index in [0.29, 0.717) is 36.5 Å². The number of benzene rings is 2. The fourth-order valence-electron chi connectivity index (χ4n) is 2.80. The number of nitrogens with one attached hydrogen (secondary N) is 2. The van der Waals surface area contributed by atoms with E-state index >= 15 is 0 Å². The minimum absolute atomic E-state index is 0.000605. The summed E-state index contributed by atoms with van der Waals surface area (Å²) in [7, 11) is 4.04. The van der Waals surface area contributed by atoms with Gasteiger partial charge in [0.2, 0.25) is 5.91 Å². The highest BCUT2D eigenvalue weighted by Gasteiger charge is 2.13. The summed E-state index contributed by atoms with van der Waals surface area (Å²) in [6.07, 6.45) is 1.86. The van der Waals surface area contributed by atoms with Crippen LogP contribution in [0.2, 0.25) is 5.02 Å². The molecule has 1 unspecified atom stereocenters. The Morgan fingerprint density at radius 1 is 1.00 bits per heavy atom. The first-order valence-corrected chi connectivity index (χ1v) is 9.84. The van der Waals surface area contributed by atoms with Crippen LogP contribution in [0.5, 0.6) is 0 Å². The third kappa shape index (κ3) is 7.71. The van der Waals surface area contributed by atoms with Crippen LogP contribution < -0.4 is 10.6 Å². The summed E-state index contributed by atoms with van der Waals surface area (Å²) in [4.78, 5) is 26.2. The van der Waals surface area contributed by atoms with Crippen LogP contribution in [0.15, 0.2) is 54.6 Å². The lowest BCUT2D eigenvalue weighted by atomic mass is 10.1. The Morgan fingerprint density at radius 2 is 1.68 bits per heavy atom. The third-order valence-corrected chi connectivity index (χ3v) is 4.80. The van der Waals surface area contributed by atoms with Crippen LogP contribution in [0, 0.1) is 0 Å². The van der Waals surface area contributed by atoms with Crippen molar-refractivity contribution in [2.24, 2.45) is 0 Å². The van der Waals surface area contributed by atoms with E-state index in [2.05, 4.69) is 27.7 Å². The molecule has 28 heavy (non-hydrogen) atoms. The van der Waals surface area contributed by atoms with Crippen LogP contribution >= 0.6 is 11.6 Å². The van der Waals surface area contributed by atoms with Gasteiger partial charge in [-0.15, -0.1) is 0 Å². The summed E-state index contributed by atoms with van der Waals surface area (Å²) in [6.45, 7) is 1.05. The average molecular weight is 402 g/mol. The van der Waals surface area contributed by atoms with Gasteiger partial charge in [-0.3, -0.25) is 9.59 Å². The molecule has 2 N–H and O–H groups in total. The van der Waals surface area contributed by atoms with Crippen molar-refractivity contribution in [3.63, 3.8) is 0 Å². The Balaban J connectivity index is 1.67. The van der Waals surface area contributed by atoms with Crippen LogP contribution in [0.25, 0.3) is 0 Å². The van der Waals surface area contributed by atoms with Gasteiger partial charge in [0.25, 0.3) is 5.91 Å². The second kappa shape index (κ2) is 11.5. The van der Waals surface area contributed by atoms with E-state index in [4.69, 9.17) is 11.6 Å². The van der Waals surface area contributed by atoms with Crippen molar-refractivity contribution in [3.05, 3.63) is 70.7 Å². The van der Waals surface area contributed by atoms with Crippen LogP contribution in [-0.4, -0.2) is 49.9 Å². The number of carbonyl (C=O) groups is 2. The summed E-state index contributed by atoms with van der Waals surface area (Å²) in [6, 6.07) is 17.2. The fraction of sp³-hybridized carbons (Fsp3) is 0.364. The molecule has 0 fully saturated rings. The molecule has 2 amide bonds. The summed E-state index contributed by atoms with van der Waals surface area (Å²) in [5, 5.41) is 6.42. The molecule has 2 aromatic rings. The average Bonchev–Trinajstić information content (AvgIpc) is 2.69. The topological polar surface area (TPSA) is 61.4 Å². The molecule has 0 radical (unpaired) electrons. The van der Waals surface area contributed by atoms with Gasteiger partial charge in [-0.05, 0) is 56.8 Å². The van der Waals surface area contributed by atoms with E-state index in [9.17, 15) is 9.59 Å². The molecule has 2 rings (SSSR count). The molecule has 5 nitrogen and oxygen atoms in total. The van der Waals surface area contributed by atoms with Gasteiger partial charge >= 0.3 is 0 Å². The Hall–Kier alpha value is -2.37. The summed E-state index contributed by atoms with van der Waals surface area (Å²) in [5.41, 5.74) is 1.81. The highest BCUT2D eigenvalue weighted by Crippen LogP contribution is 2.09. The lowest BCUT2D eigenvalue weighted by Crippen LogP contribution is -2.41. The van der Waals surface area contributed by atoms with Crippen molar-refractivity contribution >= 4 is 23.4 Å². The van der Waals surface area contributed by atoms with Gasteiger partial charge in [-0.2, -0.15) is 0 Å². The van der Waals surface area contributed by atoms with Gasteiger partial charge in [0.05, 0.1) is 0 Å². The number of rotatable bonds is 10. The molecule has 6 heteroatoms. The number of carbonyl (C=O) groups excluding carboxylic acids is 2. The lowest BCUT2D eigenvalue weighted by molar-refractivity contribution is -0.121. The van der Waals surface area contributed by atoms with Crippen LogP contribution in [-0.2, 0) is 11.2 Å². The minimum atomic E-state index is -0.160. The molecule has 0 aliphatic carbocycles. The second-order valence-electron chi connectivity index (χ2n) is 6.98. The van der Waals surface area contributed by atoms with E-state index in [0.717, 1.165) is 6.42 Å². The van der Waals surface area contributed by atoms with E-state index in [-0.39, 0.29) is 17.9 Å². The Morgan fingerprint density at radius 3 is 2.32 bits per heavy atom. The zero-order valence-corrected chi connectivity index (χ0v) is 17.2. The van der Waals surface area contributed by atoms with Crippen molar-refractivity contribution < 1.29 is 9.59 Å². The maximum absolute atomic E-state index is 12.1. The van der Waals surface area contributed by atoms with Crippen molar-refractivity contribution in [3.8, 4) is 0 Å². The molecule has 0 aromatic heterocycles. The van der Waals surface area contributed by atoms with Gasteiger partial charge in [0.15, 0.2) is 0 Å². The van der Waals surface area contributed by atoms with Gasteiger partial charge in [0, 0.05) is 36.1 Å². The second-order valence-corrected chi connectivity index (χ2v) is 7.41. The highest BCUT2D eigenvalue weighted by atomic mass is 35.5. The Labute approximate surface area is 172 Å². The lowest BCUT2D eigenvalue weighted by Gasteiger charge is -2.24. The zero-order valence-electron chi connectivity index (χ0n) is 16.5. The quantitative estimate of drug-likeness (QED) is 0.601. The predicted molar refractivity (Wildman–Crippen MR) is 114 cm³/mol. The van der Waals surface area contributed by atoms with Gasteiger partial charge in [-0.1, -0.05) is 41.9 Å². The number of hydrogen-bond acceptors (Lipinski definition) is 3. The van der Waals surface area contributed by atoms with E-state index < -0.39 is 0 Å². The smallest absolute Gasteiger partial charge is 0.251 e. The van der Waals surface area contributed by atoms with Crippen molar-refractivity contribution in [2.75, 3.05) is 27.2 Å². The fourth-order valence-corrected chi connectivity index (χ4v) is 2.92. The van der Waals surface area contributed by atoms with Crippen LogP contribution in [0.4, 0.5) is 0 Å². The van der Waals surface area contributed by atoms with Crippen molar-refractivity contribution in [1.82, 2.24) is 15.5 Å². The summed E-state index contributed by atoms with van der Waals surface area (Å²) < 4.78 is 0. The van der Waals surface area contributed by atoms with Gasteiger partial charge in [0.1, 0.15) is 0 Å². The minimum Gasteiger partial charge on any atom is -0.355 e. The number of nitrogens with zero attached hydrogens (tertiary/aromatic N) is 1. The predicted octanol–water partition coefficient (Wildman–Crippen LogP) is 3.14. The number of likely N-dealkylation sites (N-methyl/N-ethyl adjacent to an activating group) is 1. The van der Waals surface area contributed by atoms with E-state index in [1.807, 2.05) is 32.3 Å². The maximum atomic E-state index is 12.1. The molecule has 0 aliphatic heterocycles. The Kier molecular flexibility index (Phi) is 8.98. The molecule has 0 saturated heterocycles. The molecule has 1 atom stereocenters. The van der Waals surface area contributed by atoms with E-state index in [1.54, 1.807) is 24.3 Å². The molecule has 0 heterocycles. The van der Waals surface area contributed by atoms with Crippen molar-refractivity contribution in [2.45, 2.75) is 25.3 Å². The normalized spacial score (nSPS) is 11.9. The summed E-state index contributed by atoms with van der Waals surface area (Å²) in [5.74, 6) is -0.159. The van der Waals surface area contributed by atoms with Crippen molar-refractivity contribution in [1.29, 1.82) is 0 Å². The first kappa shape index (κ1) is 21.9. The Bertz CT molecular complexity index is 748. The molecule has 2 aromatic carbocycles. The number of amides is 2. The molecular formula is C22H28ClN3O2. The number of hydrogen-bond donors (Lipinski definition) is 2. The van der Waals surface area contributed by atoms with Crippen LogP contribution in [0.3, 0.4) is 0 Å². The third-order valence-electron chi connectivity index (χ3n) is 4.55. The first-order chi connectivity index (χ1) is 13.5. The maximum Gasteiger partial charge on any atom is 0.251 e. The molecule has 150 valence electrons. The SMILES string of the molecule is CN(C)C(CNC(=O)CCCNC(=O)c1ccc(Cl)cc1)Cc1ccccc1. The van der Waals surface area contributed by atoms with Crippen LogP contribution in [0.1, 0.15) is 28.8 Å². The molecule has 0 bridgehead atoms. The molecular weight excluding hydrogens is 374 g/mol. The largest absolute Gasteiger partial charge is 0.355 e. The first-order valence-electron chi connectivity index (χ1n) is 9.46.